The van der Waals surface area contributed by atoms with Crippen LogP contribution in [0.15, 0.2) is 24.3 Å². The van der Waals surface area contributed by atoms with Crippen molar-refractivity contribution in [3.8, 4) is 0 Å². The van der Waals surface area contributed by atoms with Gasteiger partial charge in [0.1, 0.15) is 0 Å². The van der Waals surface area contributed by atoms with Gasteiger partial charge in [0.25, 0.3) is 0 Å². The number of hydrogen-bond donors (Lipinski definition) is 3. The molecular weight excluding hydrogens is 863 g/mol. The minimum Gasteiger partial charge on any atom is -0.466 e. The first-order chi connectivity index (χ1) is 34.5. The minimum absolute atomic E-state index is 0.0139. The monoisotopic (exact) mass is 986 g/mol. The first-order valence-corrected chi connectivity index (χ1v) is 31.6. The number of aliphatic hydroxyl groups is 2. The van der Waals surface area contributed by atoms with Crippen molar-refractivity contribution in [2.75, 3.05) is 13.2 Å². The van der Waals surface area contributed by atoms with Crippen LogP contribution in [0.3, 0.4) is 0 Å². The summed E-state index contributed by atoms with van der Waals surface area (Å²) < 4.78 is 5.47. The summed E-state index contributed by atoms with van der Waals surface area (Å²) in [6.07, 6.45) is 73.7. The van der Waals surface area contributed by atoms with E-state index in [1.165, 1.54) is 283 Å². The van der Waals surface area contributed by atoms with Gasteiger partial charge in [-0.15, -0.1) is 0 Å². The van der Waals surface area contributed by atoms with Crippen LogP contribution in [0, 0.1) is 0 Å². The molecule has 2 atom stereocenters. The fourth-order valence-electron chi connectivity index (χ4n) is 9.87. The van der Waals surface area contributed by atoms with Crippen molar-refractivity contribution in [1.82, 2.24) is 5.32 Å². The number of carbonyl (C=O) groups is 2. The van der Waals surface area contributed by atoms with Crippen molar-refractivity contribution in [3.63, 3.8) is 0 Å². The van der Waals surface area contributed by atoms with E-state index in [4.69, 9.17) is 4.74 Å². The molecule has 0 aliphatic carbocycles. The second-order valence-electron chi connectivity index (χ2n) is 21.7. The van der Waals surface area contributed by atoms with E-state index < -0.39 is 12.1 Å². The molecule has 6 heteroatoms. The van der Waals surface area contributed by atoms with Crippen LogP contribution in [0.1, 0.15) is 348 Å². The van der Waals surface area contributed by atoms with Gasteiger partial charge in [-0.25, -0.2) is 0 Å². The summed E-state index contributed by atoms with van der Waals surface area (Å²) in [7, 11) is 0. The molecule has 0 aliphatic rings. The Kier molecular flexibility index (Phi) is 58.5. The summed E-state index contributed by atoms with van der Waals surface area (Å²) in [5, 5.41) is 23.1. The van der Waals surface area contributed by atoms with Crippen molar-refractivity contribution in [2.24, 2.45) is 0 Å². The van der Waals surface area contributed by atoms with Gasteiger partial charge >= 0.3 is 5.97 Å². The van der Waals surface area contributed by atoms with Crippen LogP contribution in [0.25, 0.3) is 0 Å². The van der Waals surface area contributed by atoms with Gasteiger partial charge < -0.3 is 20.3 Å². The molecule has 0 saturated carbocycles. The molecule has 70 heavy (non-hydrogen) atoms. The number of aliphatic hydroxyl groups excluding tert-OH is 2. The van der Waals surface area contributed by atoms with E-state index in [0.29, 0.717) is 19.4 Å². The Balaban J connectivity index is 3.41. The lowest BCUT2D eigenvalue weighted by Gasteiger charge is -2.20. The average Bonchev–Trinajstić information content (AvgIpc) is 3.36. The Labute approximate surface area is 437 Å². The van der Waals surface area contributed by atoms with Crippen molar-refractivity contribution < 1.29 is 24.5 Å². The number of hydrogen-bond acceptors (Lipinski definition) is 5. The van der Waals surface area contributed by atoms with Gasteiger partial charge in [-0.2, -0.15) is 0 Å². The molecule has 0 spiro atoms. The molecule has 0 fully saturated rings. The molecule has 414 valence electrons. The highest BCUT2D eigenvalue weighted by Crippen LogP contribution is 2.17. The zero-order chi connectivity index (χ0) is 50.7. The molecule has 0 bridgehead atoms. The highest BCUT2D eigenvalue weighted by molar-refractivity contribution is 5.76. The summed E-state index contributed by atoms with van der Waals surface area (Å²) in [5.74, 6) is -0.0539. The zero-order valence-electron chi connectivity index (χ0n) is 47.3. The third-order valence-electron chi connectivity index (χ3n) is 14.7. The predicted octanol–water partition coefficient (Wildman–Crippen LogP) is 19.8. The highest BCUT2D eigenvalue weighted by Gasteiger charge is 2.18. The van der Waals surface area contributed by atoms with Crippen molar-refractivity contribution in [2.45, 2.75) is 360 Å². The zero-order valence-corrected chi connectivity index (χ0v) is 47.3. The van der Waals surface area contributed by atoms with Gasteiger partial charge in [0.05, 0.1) is 25.4 Å². The molecule has 0 aromatic heterocycles. The summed E-state index contributed by atoms with van der Waals surface area (Å²) in [4.78, 5) is 24.5. The maximum absolute atomic E-state index is 12.5. The molecule has 0 aromatic rings. The molecule has 0 rings (SSSR count). The SMILES string of the molecule is CCCCCCCCCCCCCCCC/C=C/C(O)C(CO)NC(=O)CCCCCCCCCCCC/C=C\CCCCCCCCCCCCCCOC(=O)CCCCCCCCCCCCC. The number of unbranched alkanes of at least 4 members (excludes halogenated alkanes) is 46. The lowest BCUT2D eigenvalue weighted by Crippen LogP contribution is -2.45. The molecule has 2 unspecified atom stereocenters. The molecule has 1 amide bonds. The maximum atomic E-state index is 12.5. The van der Waals surface area contributed by atoms with E-state index in [9.17, 15) is 19.8 Å². The van der Waals surface area contributed by atoms with E-state index >= 15 is 0 Å². The largest absolute Gasteiger partial charge is 0.466 e. The van der Waals surface area contributed by atoms with Gasteiger partial charge in [0, 0.05) is 12.8 Å². The van der Waals surface area contributed by atoms with E-state index in [1.54, 1.807) is 6.08 Å². The van der Waals surface area contributed by atoms with Crippen molar-refractivity contribution in [1.29, 1.82) is 0 Å². The number of rotatable bonds is 59. The van der Waals surface area contributed by atoms with Crippen LogP contribution < -0.4 is 5.32 Å². The molecular formula is C64H123NO5. The number of carbonyl (C=O) groups excluding carboxylic acids is 2. The Hall–Kier alpha value is -1.66. The number of nitrogens with one attached hydrogen (secondary N) is 1. The van der Waals surface area contributed by atoms with Crippen LogP contribution in [0.5, 0.6) is 0 Å². The average molecular weight is 987 g/mol. The van der Waals surface area contributed by atoms with Crippen LogP contribution in [0.4, 0.5) is 0 Å². The van der Waals surface area contributed by atoms with E-state index in [1.807, 2.05) is 6.08 Å². The standard InChI is InChI=1S/C64H123NO5/c1-3-5-7-9-11-13-15-16-17-30-33-37-40-44-48-52-56-62(67)61(60-66)65-63(68)57-53-49-45-41-38-34-31-28-26-24-22-20-18-19-21-23-25-27-29-32-35-39-43-47-51-55-59-70-64(69)58-54-50-46-42-36-14-12-10-8-6-4-2/h18,20,52,56,61-62,66-67H,3-17,19,21-51,53-55,57-60H2,1-2H3,(H,65,68)/b20-18-,56-52+. The fourth-order valence-corrected chi connectivity index (χ4v) is 9.87. The van der Waals surface area contributed by atoms with Gasteiger partial charge in [-0.3, -0.25) is 9.59 Å². The number of esters is 1. The van der Waals surface area contributed by atoms with Gasteiger partial charge in [-0.1, -0.05) is 301 Å². The van der Waals surface area contributed by atoms with Crippen LogP contribution in [0.2, 0.25) is 0 Å². The molecule has 0 aliphatic heterocycles. The summed E-state index contributed by atoms with van der Waals surface area (Å²) >= 11 is 0. The molecule has 3 N–H and O–H groups in total. The molecule has 0 heterocycles. The summed E-state index contributed by atoms with van der Waals surface area (Å²) in [6, 6.07) is -0.629. The highest BCUT2D eigenvalue weighted by atomic mass is 16.5. The Bertz CT molecular complexity index is 1090. The Morgan fingerprint density at radius 2 is 0.671 bits per heavy atom. The number of amides is 1. The van der Waals surface area contributed by atoms with E-state index in [2.05, 4.69) is 31.3 Å². The molecule has 0 radical (unpaired) electrons. The second-order valence-corrected chi connectivity index (χ2v) is 21.7. The van der Waals surface area contributed by atoms with Gasteiger partial charge in [0.2, 0.25) is 5.91 Å². The normalized spacial score (nSPS) is 12.7. The van der Waals surface area contributed by atoms with Crippen LogP contribution >= 0.6 is 0 Å². The van der Waals surface area contributed by atoms with Crippen LogP contribution in [-0.2, 0) is 14.3 Å². The fraction of sp³-hybridized carbons (Fsp3) is 0.906. The van der Waals surface area contributed by atoms with Gasteiger partial charge in [-0.05, 0) is 57.8 Å². The Morgan fingerprint density at radius 1 is 0.386 bits per heavy atom. The molecule has 0 aromatic carbocycles. The third-order valence-corrected chi connectivity index (χ3v) is 14.7. The Morgan fingerprint density at radius 3 is 1.01 bits per heavy atom. The predicted molar refractivity (Wildman–Crippen MR) is 306 cm³/mol. The number of ether oxygens (including phenoxy) is 1. The minimum atomic E-state index is -0.845. The quantitative estimate of drug-likeness (QED) is 0.0321. The lowest BCUT2D eigenvalue weighted by atomic mass is 10.0. The first-order valence-electron chi connectivity index (χ1n) is 31.6. The van der Waals surface area contributed by atoms with E-state index in [0.717, 1.165) is 38.5 Å². The van der Waals surface area contributed by atoms with Gasteiger partial charge in [0.15, 0.2) is 0 Å². The van der Waals surface area contributed by atoms with E-state index in [-0.39, 0.29) is 18.5 Å². The molecule has 0 saturated heterocycles. The summed E-state index contributed by atoms with van der Waals surface area (Å²) in [5.41, 5.74) is 0. The third kappa shape index (κ3) is 55.7. The van der Waals surface area contributed by atoms with Crippen molar-refractivity contribution >= 4 is 11.9 Å². The summed E-state index contributed by atoms with van der Waals surface area (Å²) in [6.45, 7) is 4.92. The molecule has 6 nitrogen and oxygen atoms in total. The topological polar surface area (TPSA) is 95.9 Å². The number of allylic oxidation sites excluding steroid dienone is 3. The second kappa shape index (κ2) is 59.9. The first kappa shape index (κ1) is 68.3. The maximum Gasteiger partial charge on any atom is 0.305 e. The van der Waals surface area contributed by atoms with Crippen molar-refractivity contribution in [3.05, 3.63) is 24.3 Å². The smallest absolute Gasteiger partial charge is 0.305 e. The van der Waals surface area contributed by atoms with Crippen LogP contribution in [-0.4, -0.2) is 47.4 Å². The lowest BCUT2D eigenvalue weighted by molar-refractivity contribution is -0.143.